The highest BCUT2D eigenvalue weighted by atomic mass is 15.1. The topological polar surface area (TPSA) is 28.2 Å². The number of likely N-dealkylation sites (tertiary alicyclic amines) is 1. The molecule has 0 unspecified atom stereocenters. The quantitative estimate of drug-likeness (QED) is 0.304. The second kappa shape index (κ2) is 12.8. The van der Waals surface area contributed by atoms with E-state index in [0.717, 1.165) is 55.0 Å². The van der Waals surface area contributed by atoms with E-state index in [2.05, 4.69) is 86.2 Å². The standard InChI is InChI=1S/C33H39N3/c1-8-24(3)26(5)27(6)33(21-25(4)35-23-30-11-10-18-34-22-30)32-16-19-36(20-17-32)28(7)31-14-12-29(9-2)13-15-31/h2,8,10-15,18,21-22,32,35H,1,7,16-17,19-20,23H2,3-6H3/b25-21+,26-24+,33-27+. The van der Waals surface area contributed by atoms with Crippen LogP contribution in [0.15, 0.2) is 102 Å². The second-order valence-electron chi connectivity index (χ2n) is 9.56. The van der Waals surface area contributed by atoms with E-state index in [0.29, 0.717) is 5.92 Å². The Kier molecular flexibility index (Phi) is 9.53. The van der Waals surface area contributed by atoms with Gasteiger partial charge in [-0.2, -0.15) is 0 Å². The molecule has 1 saturated heterocycles. The van der Waals surface area contributed by atoms with E-state index in [9.17, 15) is 0 Å². The second-order valence-corrected chi connectivity index (χ2v) is 9.56. The fourth-order valence-electron chi connectivity index (χ4n) is 4.63. The third-order valence-electron chi connectivity index (χ3n) is 7.26. The highest BCUT2D eigenvalue weighted by Gasteiger charge is 2.24. The molecule has 186 valence electrons. The van der Waals surface area contributed by atoms with Crippen molar-refractivity contribution in [2.45, 2.75) is 47.1 Å². The van der Waals surface area contributed by atoms with Crippen LogP contribution in [0.3, 0.4) is 0 Å². The molecule has 1 fully saturated rings. The van der Waals surface area contributed by atoms with Gasteiger partial charge in [-0.25, -0.2) is 0 Å². The number of nitrogens with one attached hydrogen (secondary N) is 1. The Hall–Kier alpha value is -3.77. The van der Waals surface area contributed by atoms with Crippen molar-refractivity contribution in [1.29, 1.82) is 0 Å². The smallest absolute Gasteiger partial charge is 0.0412 e. The Labute approximate surface area is 218 Å². The van der Waals surface area contributed by atoms with Gasteiger partial charge >= 0.3 is 0 Å². The lowest BCUT2D eigenvalue weighted by molar-refractivity contribution is 0.280. The number of hydrogen-bond donors (Lipinski definition) is 1. The molecule has 0 amide bonds. The third-order valence-corrected chi connectivity index (χ3v) is 7.26. The van der Waals surface area contributed by atoms with Gasteiger partial charge in [0.1, 0.15) is 0 Å². The molecule has 1 N–H and O–H groups in total. The first-order valence-corrected chi connectivity index (χ1v) is 12.7. The normalized spacial score (nSPS) is 16.0. The average Bonchev–Trinajstić information content (AvgIpc) is 2.94. The number of rotatable bonds is 9. The molecule has 3 heteroatoms. The van der Waals surface area contributed by atoms with Gasteiger partial charge in [-0.1, -0.05) is 43.4 Å². The molecule has 3 nitrogen and oxygen atoms in total. The minimum atomic E-state index is 0.487. The van der Waals surface area contributed by atoms with Gasteiger partial charge < -0.3 is 10.2 Å². The molecule has 0 bridgehead atoms. The molecule has 0 saturated carbocycles. The minimum absolute atomic E-state index is 0.487. The maximum atomic E-state index is 5.51. The largest absolute Gasteiger partial charge is 0.384 e. The lowest BCUT2D eigenvalue weighted by atomic mass is 9.83. The fraction of sp³-hybridized carbons (Fsp3) is 0.303. The maximum absolute atomic E-state index is 5.51. The molecule has 1 aromatic carbocycles. The Bertz CT molecular complexity index is 1200. The highest BCUT2D eigenvalue weighted by Crippen LogP contribution is 2.34. The van der Waals surface area contributed by atoms with Gasteiger partial charge in [0.2, 0.25) is 0 Å². The van der Waals surface area contributed by atoms with Crippen LogP contribution in [0.5, 0.6) is 0 Å². The molecule has 0 radical (unpaired) electrons. The molecule has 2 aromatic rings. The Balaban J connectivity index is 1.78. The molecule has 36 heavy (non-hydrogen) atoms. The van der Waals surface area contributed by atoms with Gasteiger partial charge in [-0.3, -0.25) is 4.98 Å². The lowest BCUT2D eigenvalue weighted by Gasteiger charge is -2.36. The van der Waals surface area contributed by atoms with E-state index in [1.54, 1.807) is 6.20 Å². The van der Waals surface area contributed by atoms with Crippen LogP contribution in [0.25, 0.3) is 5.70 Å². The van der Waals surface area contributed by atoms with Gasteiger partial charge in [-0.05, 0) is 104 Å². The van der Waals surface area contributed by atoms with Crippen molar-refractivity contribution in [3.63, 3.8) is 0 Å². The summed E-state index contributed by atoms with van der Waals surface area (Å²) in [6, 6.07) is 12.2. The summed E-state index contributed by atoms with van der Waals surface area (Å²) in [7, 11) is 0. The van der Waals surface area contributed by atoms with Crippen molar-refractivity contribution in [3.8, 4) is 12.3 Å². The Morgan fingerprint density at radius 2 is 1.81 bits per heavy atom. The van der Waals surface area contributed by atoms with Crippen LogP contribution in [0.4, 0.5) is 0 Å². The van der Waals surface area contributed by atoms with Gasteiger partial charge in [-0.15, -0.1) is 6.42 Å². The Morgan fingerprint density at radius 3 is 2.39 bits per heavy atom. The van der Waals surface area contributed by atoms with Crippen molar-refractivity contribution in [3.05, 3.63) is 119 Å². The number of benzene rings is 1. The monoisotopic (exact) mass is 477 g/mol. The number of terminal acetylenes is 1. The number of nitrogens with zero attached hydrogens (tertiary/aromatic N) is 2. The fourth-order valence-corrected chi connectivity index (χ4v) is 4.63. The van der Waals surface area contributed by atoms with Gasteiger partial charge in [0.15, 0.2) is 0 Å². The number of pyridine rings is 1. The first kappa shape index (κ1) is 26.8. The van der Waals surface area contributed by atoms with Crippen LogP contribution < -0.4 is 5.32 Å². The predicted octanol–water partition coefficient (Wildman–Crippen LogP) is 7.28. The van der Waals surface area contributed by atoms with E-state index < -0.39 is 0 Å². The van der Waals surface area contributed by atoms with Gasteiger partial charge in [0, 0.05) is 49.0 Å². The molecule has 0 atom stereocenters. The summed E-state index contributed by atoms with van der Waals surface area (Å²) in [5, 5.41) is 3.58. The van der Waals surface area contributed by atoms with Gasteiger partial charge in [0.05, 0.1) is 0 Å². The molecule has 0 aliphatic carbocycles. The molecular formula is C33H39N3. The molecular weight excluding hydrogens is 438 g/mol. The molecule has 1 aromatic heterocycles. The van der Waals surface area contributed by atoms with E-state index >= 15 is 0 Å². The first-order valence-electron chi connectivity index (χ1n) is 12.7. The van der Waals surface area contributed by atoms with Crippen LogP contribution in [0.1, 0.15) is 57.2 Å². The third kappa shape index (κ3) is 6.89. The summed E-state index contributed by atoms with van der Waals surface area (Å²) in [6.45, 7) is 19.9. The van der Waals surface area contributed by atoms with E-state index in [1.807, 2.05) is 30.5 Å². The van der Waals surface area contributed by atoms with Crippen LogP contribution >= 0.6 is 0 Å². The summed E-state index contributed by atoms with van der Waals surface area (Å²) in [4.78, 5) is 6.63. The average molecular weight is 478 g/mol. The van der Waals surface area contributed by atoms with Crippen molar-refractivity contribution >= 4 is 5.70 Å². The summed E-state index contributed by atoms with van der Waals surface area (Å²) >= 11 is 0. The zero-order valence-electron chi connectivity index (χ0n) is 22.3. The zero-order chi connectivity index (χ0) is 26.1. The van der Waals surface area contributed by atoms with Crippen LogP contribution in [-0.4, -0.2) is 23.0 Å². The van der Waals surface area contributed by atoms with Crippen molar-refractivity contribution in [2.75, 3.05) is 13.1 Å². The van der Waals surface area contributed by atoms with Crippen molar-refractivity contribution < 1.29 is 0 Å². The summed E-state index contributed by atoms with van der Waals surface area (Å²) in [5.74, 6) is 3.17. The molecule has 2 heterocycles. The zero-order valence-corrected chi connectivity index (χ0v) is 22.3. The summed E-state index contributed by atoms with van der Waals surface area (Å²) in [5.41, 5.74) is 10.7. The van der Waals surface area contributed by atoms with Crippen molar-refractivity contribution in [1.82, 2.24) is 15.2 Å². The lowest BCUT2D eigenvalue weighted by Crippen LogP contribution is -2.33. The molecule has 1 aliphatic rings. The maximum Gasteiger partial charge on any atom is 0.0412 e. The van der Waals surface area contributed by atoms with E-state index in [4.69, 9.17) is 6.42 Å². The summed E-state index contributed by atoms with van der Waals surface area (Å²) in [6.07, 6.45) is 15.7. The van der Waals surface area contributed by atoms with Gasteiger partial charge in [0.25, 0.3) is 0 Å². The molecule has 1 aliphatic heterocycles. The SMILES string of the molecule is C#Cc1ccc(C(=C)N2CCC(C(/C=C(\C)NCc3cccnc3)=C(C)/C(C)=C(\C)C=C)CC2)cc1. The number of aromatic nitrogens is 1. The van der Waals surface area contributed by atoms with Crippen LogP contribution in [-0.2, 0) is 6.54 Å². The number of allylic oxidation sites excluding steroid dienone is 7. The Morgan fingerprint density at radius 1 is 1.11 bits per heavy atom. The van der Waals surface area contributed by atoms with E-state index in [1.165, 1.54) is 27.9 Å². The van der Waals surface area contributed by atoms with Crippen LogP contribution in [0, 0.1) is 18.3 Å². The molecule has 0 spiro atoms. The minimum Gasteiger partial charge on any atom is -0.384 e. The van der Waals surface area contributed by atoms with Crippen LogP contribution in [0.2, 0.25) is 0 Å². The number of piperidine rings is 1. The highest BCUT2D eigenvalue weighted by molar-refractivity contribution is 5.63. The van der Waals surface area contributed by atoms with E-state index in [-0.39, 0.29) is 0 Å². The number of hydrogen-bond acceptors (Lipinski definition) is 3. The first-order chi connectivity index (χ1) is 17.3. The van der Waals surface area contributed by atoms with Crippen molar-refractivity contribution in [2.24, 2.45) is 5.92 Å². The predicted molar refractivity (Wildman–Crippen MR) is 154 cm³/mol. The molecule has 3 rings (SSSR count). The summed E-state index contributed by atoms with van der Waals surface area (Å²) < 4.78 is 0.